The maximum absolute atomic E-state index is 12.0. The number of aryl methyl sites for hydroxylation is 1. The molecule has 1 amide bonds. The van der Waals surface area contributed by atoms with Gasteiger partial charge in [0.05, 0.1) is 16.0 Å². The van der Waals surface area contributed by atoms with E-state index in [-0.39, 0.29) is 11.6 Å². The Balaban J connectivity index is 1.74. The van der Waals surface area contributed by atoms with Crippen molar-refractivity contribution < 1.29 is 9.72 Å². The monoisotopic (exact) mass is 391 g/mol. The second kappa shape index (κ2) is 8.96. The summed E-state index contributed by atoms with van der Waals surface area (Å²) < 4.78 is 0. The van der Waals surface area contributed by atoms with Gasteiger partial charge in [-0.2, -0.15) is 5.10 Å². The molecule has 6 nitrogen and oxygen atoms in total. The molecule has 0 atom stereocenters. The van der Waals surface area contributed by atoms with E-state index in [0.29, 0.717) is 16.0 Å². The van der Waals surface area contributed by atoms with Crippen LogP contribution in [0.2, 0.25) is 0 Å². The highest BCUT2D eigenvalue weighted by molar-refractivity contribution is 7.99. The van der Waals surface area contributed by atoms with E-state index in [4.69, 9.17) is 0 Å². The van der Waals surface area contributed by atoms with Gasteiger partial charge in [0.15, 0.2) is 0 Å². The first-order valence-corrected chi connectivity index (χ1v) is 9.26. The molecule has 0 aliphatic heterocycles. The molecule has 3 aromatic carbocycles. The first kappa shape index (κ1) is 19.3. The van der Waals surface area contributed by atoms with Gasteiger partial charge in [-0.15, -0.1) is 0 Å². The quantitative estimate of drug-likeness (QED) is 0.371. The number of nitrogens with zero attached hydrogens (tertiary/aromatic N) is 2. The summed E-state index contributed by atoms with van der Waals surface area (Å²) in [5.74, 6) is -0.349. The van der Waals surface area contributed by atoms with Crippen LogP contribution in [-0.2, 0) is 0 Å². The summed E-state index contributed by atoms with van der Waals surface area (Å²) in [6.45, 7) is 1.99. The zero-order valence-electron chi connectivity index (χ0n) is 15.0. The van der Waals surface area contributed by atoms with E-state index in [1.165, 1.54) is 24.0 Å². The number of carbonyl (C=O) groups excluding carboxylic acids is 1. The number of nitro groups is 1. The maximum atomic E-state index is 12.0. The van der Waals surface area contributed by atoms with Crippen molar-refractivity contribution in [2.75, 3.05) is 0 Å². The molecule has 0 unspecified atom stereocenters. The van der Waals surface area contributed by atoms with Crippen molar-refractivity contribution in [3.8, 4) is 0 Å². The van der Waals surface area contributed by atoms with Crippen LogP contribution in [-0.4, -0.2) is 17.0 Å². The Morgan fingerprint density at radius 1 is 1.07 bits per heavy atom. The lowest BCUT2D eigenvalue weighted by Gasteiger charge is -2.05. The molecule has 0 fully saturated rings. The zero-order valence-corrected chi connectivity index (χ0v) is 15.8. The van der Waals surface area contributed by atoms with Gasteiger partial charge >= 0.3 is 0 Å². The SMILES string of the molecule is Cc1ccc(Sc2ccc(/C=N\NC(=O)c3ccccc3)cc2[N+](=O)[O-])cc1. The zero-order chi connectivity index (χ0) is 19.9. The molecular formula is C21H17N3O3S. The van der Waals surface area contributed by atoms with E-state index in [9.17, 15) is 14.9 Å². The van der Waals surface area contributed by atoms with E-state index < -0.39 is 4.92 Å². The third-order valence-electron chi connectivity index (χ3n) is 3.84. The maximum Gasteiger partial charge on any atom is 0.283 e. The van der Waals surface area contributed by atoms with Crippen LogP contribution in [0.1, 0.15) is 21.5 Å². The van der Waals surface area contributed by atoms with Gasteiger partial charge in [-0.05, 0) is 37.3 Å². The van der Waals surface area contributed by atoms with Crippen LogP contribution in [0.3, 0.4) is 0 Å². The van der Waals surface area contributed by atoms with Crippen molar-refractivity contribution in [2.24, 2.45) is 5.10 Å². The third kappa shape index (κ3) is 5.05. The number of nitrogens with one attached hydrogen (secondary N) is 1. The normalized spacial score (nSPS) is 10.8. The lowest BCUT2D eigenvalue weighted by molar-refractivity contribution is -0.387. The predicted molar refractivity (Wildman–Crippen MR) is 110 cm³/mol. The van der Waals surface area contributed by atoms with E-state index in [1.807, 2.05) is 37.3 Å². The lowest BCUT2D eigenvalue weighted by Crippen LogP contribution is -2.17. The number of carbonyl (C=O) groups is 1. The van der Waals surface area contributed by atoms with Gasteiger partial charge in [0.2, 0.25) is 0 Å². The molecule has 140 valence electrons. The molecular weight excluding hydrogens is 374 g/mol. The molecule has 3 rings (SSSR count). The van der Waals surface area contributed by atoms with E-state index >= 15 is 0 Å². The van der Waals surface area contributed by atoms with Gasteiger partial charge in [-0.3, -0.25) is 14.9 Å². The number of rotatable bonds is 6. The molecule has 7 heteroatoms. The Morgan fingerprint density at radius 3 is 2.46 bits per heavy atom. The first-order valence-electron chi connectivity index (χ1n) is 8.44. The highest BCUT2D eigenvalue weighted by Gasteiger charge is 2.15. The molecule has 0 saturated heterocycles. The van der Waals surface area contributed by atoms with Crippen LogP contribution in [0.4, 0.5) is 5.69 Å². The van der Waals surface area contributed by atoms with E-state index in [2.05, 4.69) is 10.5 Å². The summed E-state index contributed by atoms with van der Waals surface area (Å²) in [7, 11) is 0. The van der Waals surface area contributed by atoms with Crippen LogP contribution in [0.25, 0.3) is 0 Å². The topological polar surface area (TPSA) is 84.6 Å². The molecule has 0 spiro atoms. The second-order valence-electron chi connectivity index (χ2n) is 5.96. The van der Waals surface area contributed by atoms with Crippen LogP contribution < -0.4 is 5.43 Å². The number of benzene rings is 3. The van der Waals surface area contributed by atoms with Crippen LogP contribution in [0.15, 0.2) is 87.7 Å². The Bertz CT molecular complexity index is 1020. The molecule has 0 aliphatic rings. The van der Waals surface area contributed by atoms with Crippen molar-refractivity contribution in [3.05, 3.63) is 99.6 Å². The molecule has 0 saturated carbocycles. The average Bonchev–Trinajstić information content (AvgIpc) is 2.71. The van der Waals surface area contributed by atoms with Gasteiger partial charge in [0.1, 0.15) is 0 Å². The first-order chi connectivity index (χ1) is 13.5. The summed E-state index contributed by atoms with van der Waals surface area (Å²) in [5.41, 5.74) is 4.53. The summed E-state index contributed by atoms with van der Waals surface area (Å²) in [6.07, 6.45) is 1.38. The Morgan fingerprint density at radius 2 is 1.79 bits per heavy atom. The van der Waals surface area contributed by atoms with Crippen molar-refractivity contribution in [2.45, 2.75) is 16.7 Å². The summed E-state index contributed by atoms with van der Waals surface area (Å²) in [6, 6.07) is 21.3. The number of amides is 1. The highest BCUT2D eigenvalue weighted by atomic mass is 32.2. The van der Waals surface area contributed by atoms with Crippen molar-refractivity contribution in [1.82, 2.24) is 5.43 Å². The van der Waals surface area contributed by atoms with Gasteiger partial charge in [0, 0.05) is 22.1 Å². The van der Waals surface area contributed by atoms with Crippen molar-refractivity contribution >= 4 is 29.6 Å². The lowest BCUT2D eigenvalue weighted by atomic mass is 10.2. The third-order valence-corrected chi connectivity index (χ3v) is 4.92. The highest BCUT2D eigenvalue weighted by Crippen LogP contribution is 2.35. The molecule has 0 aliphatic carbocycles. The van der Waals surface area contributed by atoms with Crippen LogP contribution >= 0.6 is 11.8 Å². The minimum Gasteiger partial charge on any atom is -0.267 e. The fraction of sp³-hybridized carbons (Fsp3) is 0.0476. The minimum atomic E-state index is -0.420. The Labute approximate surface area is 166 Å². The van der Waals surface area contributed by atoms with Crippen molar-refractivity contribution in [3.63, 3.8) is 0 Å². The molecule has 0 bridgehead atoms. The molecule has 3 aromatic rings. The van der Waals surface area contributed by atoms with Crippen molar-refractivity contribution in [1.29, 1.82) is 0 Å². The number of nitro benzene ring substituents is 1. The van der Waals surface area contributed by atoms with Gasteiger partial charge < -0.3 is 0 Å². The van der Waals surface area contributed by atoms with Gasteiger partial charge in [-0.1, -0.05) is 53.7 Å². The molecule has 0 aromatic heterocycles. The molecule has 1 N–H and O–H groups in total. The summed E-state index contributed by atoms with van der Waals surface area (Å²) in [4.78, 5) is 24.5. The second-order valence-corrected chi connectivity index (χ2v) is 7.08. The summed E-state index contributed by atoms with van der Waals surface area (Å²) in [5, 5.41) is 15.4. The number of hydrogen-bond acceptors (Lipinski definition) is 5. The molecule has 0 heterocycles. The standard InChI is InChI=1S/C21H17N3O3S/c1-15-7-10-18(11-8-15)28-20-12-9-16(13-19(20)24(26)27)14-22-23-21(25)17-5-3-2-4-6-17/h2-14H,1H3,(H,23,25)/b22-14-. The Kier molecular flexibility index (Phi) is 6.18. The fourth-order valence-corrected chi connectivity index (χ4v) is 3.30. The minimum absolute atomic E-state index is 0.0103. The number of hydrazone groups is 1. The van der Waals surface area contributed by atoms with Crippen LogP contribution in [0.5, 0.6) is 0 Å². The fourth-order valence-electron chi connectivity index (χ4n) is 2.40. The molecule has 0 radical (unpaired) electrons. The Hall–Kier alpha value is -3.45. The van der Waals surface area contributed by atoms with Gasteiger partial charge in [0.25, 0.3) is 11.6 Å². The average molecular weight is 391 g/mol. The number of hydrogen-bond donors (Lipinski definition) is 1. The van der Waals surface area contributed by atoms with E-state index in [0.717, 1.165) is 10.5 Å². The molecule has 28 heavy (non-hydrogen) atoms. The summed E-state index contributed by atoms with van der Waals surface area (Å²) >= 11 is 1.33. The largest absolute Gasteiger partial charge is 0.283 e. The van der Waals surface area contributed by atoms with Gasteiger partial charge in [-0.25, -0.2) is 5.43 Å². The predicted octanol–water partition coefficient (Wildman–Crippen LogP) is 4.82. The van der Waals surface area contributed by atoms with Crippen LogP contribution in [0, 0.1) is 17.0 Å². The smallest absolute Gasteiger partial charge is 0.267 e. The van der Waals surface area contributed by atoms with E-state index in [1.54, 1.807) is 36.4 Å².